The summed E-state index contributed by atoms with van der Waals surface area (Å²) in [5, 5.41) is 41.5. The zero-order valence-corrected chi connectivity index (χ0v) is 40.8. The second-order valence-electron chi connectivity index (χ2n) is 15.7. The maximum atomic E-state index is 16.5. The molecule has 6 aromatic heterocycles. The Balaban J connectivity index is 0.919. The van der Waals surface area contributed by atoms with E-state index in [9.17, 15) is 67.8 Å². The van der Waals surface area contributed by atoms with E-state index in [-0.39, 0.29) is 51.2 Å². The third-order valence-electron chi connectivity index (χ3n) is 10.7. The number of halogens is 1. The molecule has 0 aromatic carbocycles. The van der Waals surface area contributed by atoms with E-state index < -0.39 is 137 Å². The summed E-state index contributed by atoms with van der Waals surface area (Å²) in [5.41, 5.74) is 14.9. The molecule has 43 heteroatoms. The Morgan fingerprint density at radius 1 is 0.770 bits per heavy atom. The lowest BCUT2D eigenvalue weighted by Crippen LogP contribution is -2.46. The molecule has 0 bridgehead atoms. The number of ether oxygens (including phenoxy) is 3. The lowest BCUT2D eigenvalue weighted by Gasteiger charge is -2.24. The van der Waals surface area contributed by atoms with Gasteiger partial charge >= 0.3 is 36.9 Å². The normalized spacial score (nSPS) is 26.5. The summed E-state index contributed by atoms with van der Waals surface area (Å²) in [6, 6.07) is 0. The zero-order valence-electron chi connectivity index (χ0n) is 37.2. The molecule has 2 saturated heterocycles. The summed E-state index contributed by atoms with van der Waals surface area (Å²) in [5.74, 6) is -0.829. The molecule has 6 aromatic rings. The van der Waals surface area contributed by atoms with Gasteiger partial charge in [-0.15, -0.1) is 0 Å². The van der Waals surface area contributed by atoms with Crippen molar-refractivity contribution in [2.75, 3.05) is 50.2 Å². The maximum Gasteiger partial charge on any atom is 0.490 e. The van der Waals surface area contributed by atoms with Crippen molar-refractivity contribution >= 4 is 82.5 Å². The van der Waals surface area contributed by atoms with Crippen LogP contribution >= 0.6 is 31.3 Å². The van der Waals surface area contributed by atoms with Gasteiger partial charge in [0.25, 0.3) is 17.1 Å². The third-order valence-corrected chi connectivity index (χ3v) is 15.9. The topological polar surface area (TPSA) is 553 Å². The highest BCUT2D eigenvalue weighted by Crippen LogP contribution is 2.68. The molecule has 406 valence electrons. The Kier molecular flexibility index (Phi) is 15.7. The van der Waals surface area contributed by atoms with E-state index in [2.05, 4.69) is 53.0 Å². The number of aliphatic hydroxyl groups is 4. The Labute approximate surface area is 408 Å². The molecular formula is C31H43FN15O23P4+. The minimum atomic E-state index is -6.24. The van der Waals surface area contributed by atoms with Crippen LogP contribution in [0.15, 0.2) is 34.9 Å². The average molecular weight is 1140 g/mol. The molecule has 6 unspecified atom stereocenters. The van der Waals surface area contributed by atoms with Crippen molar-refractivity contribution in [1.82, 2.24) is 53.6 Å². The van der Waals surface area contributed by atoms with Crippen LogP contribution in [0.3, 0.4) is 0 Å². The number of nitrogens with one attached hydrogen (secondary N) is 2. The van der Waals surface area contributed by atoms with Crippen LogP contribution in [0, 0.1) is 0 Å². The Hall–Kier alpha value is -5.18. The number of rotatable bonds is 22. The molecule has 16 N–H and O–H groups in total. The van der Waals surface area contributed by atoms with Crippen molar-refractivity contribution in [2.45, 2.75) is 61.5 Å². The smallest absolute Gasteiger partial charge is 0.394 e. The van der Waals surface area contributed by atoms with E-state index in [1.165, 1.54) is 17.9 Å². The van der Waals surface area contributed by atoms with Gasteiger partial charge in [0, 0.05) is 0 Å². The molecule has 2 aliphatic heterocycles. The number of alkyl halides is 1. The zero-order chi connectivity index (χ0) is 53.8. The fourth-order valence-corrected chi connectivity index (χ4v) is 12.0. The number of fused-ring (bicyclic) bond motifs is 3. The van der Waals surface area contributed by atoms with Gasteiger partial charge in [-0.2, -0.15) is 13.6 Å². The van der Waals surface area contributed by atoms with Crippen molar-refractivity contribution in [3.05, 3.63) is 46.0 Å². The third kappa shape index (κ3) is 11.6. The number of hydrogen-bond acceptors (Lipinski definition) is 28. The molecule has 0 spiro atoms. The molecule has 14 atom stereocenters. The van der Waals surface area contributed by atoms with Gasteiger partial charge < -0.3 is 71.4 Å². The van der Waals surface area contributed by atoms with Gasteiger partial charge in [0.1, 0.15) is 55.1 Å². The van der Waals surface area contributed by atoms with Gasteiger partial charge in [0.15, 0.2) is 47.6 Å². The summed E-state index contributed by atoms with van der Waals surface area (Å²) in [4.78, 5) is 94.5. The van der Waals surface area contributed by atoms with Gasteiger partial charge in [-0.3, -0.25) is 51.4 Å². The minimum absolute atomic E-state index is 0.0276. The van der Waals surface area contributed by atoms with Crippen LogP contribution < -0.4 is 32.9 Å². The number of nitrogens with zero attached hydrogens (tertiary/aromatic N) is 10. The summed E-state index contributed by atoms with van der Waals surface area (Å²) in [6.45, 7) is -5.52. The molecule has 0 radical (unpaired) electrons. The average Bonchev–Trinajstić information content (AvgIpc) is 4.12. The van der Waals surface area contributed by atoms with E-state index in [1.54, 1.807) is 0 Å². The van der Waals surface area contributed by atoms with Crippen LogP contribution in [0.5, 0.6) is 0 Å². The van der Waals surface area contributed by atoms with Crippen molar-refractivity contribution in [3.63, 3.8) is 0 Å². The fraction of sp³-hybridized carbons (Fsp3) is 0.516. The second-order valence-corrected chi connectivity index (χ2v) is 21.8. The van der Waals surface area contributed by atoms with Gasteiger partial charge in [0.2, 0.25) is 17.7 Å². The van der Waals surface area contributed by atoms with Gasteiger partial charge in [-0.25, -0.2) is 47.2 Å². The predicted molar refractivity (Wildman–Crippen MR) is 235 cm³/mol. The standard InChI is InChI=1S/C31H42FN15O23P4/c1-44-10-47(25-18(44)27(53)43-31(35)41-25)14(3-49)65-11(2-48)4-62-72(56,57)69-74(60,61)70-73(58,59)64-6-13-21(15(32)28(67-13)45-8-38-16-22(33)36-7-37-23(16)45)68-71(54,55)63-5-12-19(50)20(51)29(66-12)46-9-39-17-24(46)40-30(34)42-26(17)52/h7-15,19-21,28-29,48-51H,2-6H2,1H3,(H11-,33,34,35,36,37,40,41,42,43,52,53,54,55,56,57,58,59,60,61)/p+1/t11-,12+,13+,14+,15?,19-,20?,21-,28+,29+/m0/s1. The molecule has 8 rings (SSSR count). The van der Waals surface area contributed by atoms with Crippen LogP contribution in [0.2, 0.25) is 0 Å². The minimum Gasteiger partial charge on any atom is -0.394 e. The molecule has 0 amide bonds. The number of aromatic nitrogens is 12. The molecule has 0 saturated carbocycles. The first-order valence-electron chi connectivity index (χ1n) is 20.7. The highest BCUT2D eigenvalue weighted by molar-refractivity contribution is 7.66. The van der Waals surface area contributed by atoms with Crippen LogP contribution in [-0.2, 0) is 66.2 Å². The number of aryl methyl sites for hydroxylation is 1. The molecule has 0 aliphatic carbocycles. The van der Waals surface area contributed by atoms with Gasteiger partial charge in [0.05, 0.1) is 46.1 Å². The number of anilines is 3. The Morgan fingerprint density at radius 3 is 2.07 bits per heavy atom. The number of H-pyrrole nitrogens is 2. The van der Waals surface area contributed by atoms with Crippen LogP contribution in [0.1, 0.15) is 18.7 Å². The molecule has 38 nitrogen and oxygen atoms in total. The highest BCUT2D eigenvalue weighted by atomic mass is 31.3. The SMILES string of the molecule is Cn1c[n+]([C@@H](CO)O[C@@H](CO)COP(=O)(O)OP(=O)(O)OP(=O)(O)OC[C@H]2O[C@@H](n3cnc4c(N)ncnc43)C(F)[C@H]2OP(=O)(O)OC[C@H]2O[C@@H](n3cnc4c(=O)[nH]c(N)nc43)C(O)[C@H]2O)c2nc(N)[nH]c(=O)c21. The van der Waals surface area contributed by atoms with Crippen LogP contribution in [0.4, 0.5) is 22.1 Å². The Bertz CT molecular complexity index is 3380. The molecular weight excluding hydrogens is 1090 g/mol. The van der Waals surface area contributed by atoms with E-state index >= 15 is 4.39 Å². The first kappa shape index (κ1) is 55.1. The van der Waals surface area contributed by atoms with Crippen molar-refractivity contribution < 1.29 is 108 Å². The second kappa shape index (κ2) is 21.1. The number of nitrogen functional groups attached to an aromatic ring is 3. The summed E-state index contributed by atoms with van der Waals surface area (Å²) >= 11 is 0. The molecule has 2 fully saturated rings. The number of phosphoric acid groups is 4. The monoisotopic (exact) mass is 1140 g/mol. The van der Waals surface area contributed by atoms with Crippen LogP contribution in [-0.4, -0.2) is 169 Å². The fourth-order valence-electron chi connectivity index (χ4n) is 7.51. The molecule has 74 heavy (non-hydrogen) atoms. The summed E-state index contributed by atoms with van der Waals surface area (Å²) < 4.78 is 117. The number of imidazole rings is 3. The number of phosphoric ester groups is 3. The summed E-state index contributed by atoms with van der Waals surface area (Å²) in [6.07, 6.45) is -14.8. The van der Waals surface area contributed by atoms with E-state index in [0.29, 0.717) is 0 Å². The first-order chi connectivity index (χ1) is 34.7. The lowest BCUT2D eigenvalue weighted by atomic mass is 10.1. The first-order valence-corrected chi connectivity index (χ1v) is 26.6. The largest absolute Gasteiger partial charge is 0.490 e. The maximum absolute atomic E-state index is 16.5. The van der Waals surface area contributed by atoms with Gasteiger partial charge in [-0.1, -0.05) is 4.98 Å². The number of nitrogens with two attached hydrogens (primary N) is 3. The van der Waals surface area contributed by atoms with E-state index in [4.69, 9.17) is 45.0 Å². The Morgan fingerprint density at radius 2 is 1.38 bits per heavy atom. The quantitative estimate of drug-likeness (QED) is 0.0227. The van der Waals surface area contributed by atoms with Crippen LogP contribution in [0.25, 0.3) is 33.5 Å². The lowest BCUT2D eigenvalue weighted by molar-refractivity contribution is -0.746. The van der Waals surface area contributed by atoms with E-state index in [0.717, 1.165) is 32.7 Å². The number of aromatic amines is 2. The van der Waals surface area contributed by atoms with Crippen molar-refractivity contribution in [3.8, 4) is 0 Å². The number of aliphatic hydroxyl groups excluding tert-OH is 4. The van der Waals surface area contributed by atoms with E-state index in [1.807, 2.05) is 0 Å². The van der Waals surface area contributed by atoms with Crippen molar-refractivity contribution in [2.24, 2.45) is 7.05 Å². The predicted octanol–water partition coefficient (Wildman–Crippen LogP) is -4.14. The molecule has 8 heterocycles. The van der Waals surface area contributed by atoms with Crippen molar-refractivity contribution in [1.29, 1.82) is 0 Å². The highest BCUT2D eigenvalue weighted by Gasteiger charge is 2.53. The summed E-state index contributed by atoms with van der Waals surface area (Å²) in [7, 11) is -22.3. The molecule has 2 aliphatic rings. The van der Waals surface area contributed by atoms with Gasteiger partial charge in [-0.05, 0) is 0 Å². The number of hydrogen-bond donors (Lipinski definition) is 13.